The number of rotatable bonds is 4. The number of anilines is 2. The minimum Gasteiger partial charge on any atom is -0.324 e. The van der Waals surface area contributed by atoms with Crippen LogP contribution >= 0.6 is 11.3 Å². The molecule has 0 spiro atoms. The normalized spacial score (nSPS) is 16.1. The van der Waals surface area contributed by atoms with Crippen LogP contribution in [0, 0.1) is 12.7 Å². The molecular weight excluding hydrogens is 417 g/mol. The molecule has 1 aliphatic rings. The minimum atomic E-state index is -0.389. The van der Waals surface area contributed by atoms with Crippen LogP contribution in [-0.4, -0.2) is 40.1 Å². The average molecular weight is 440 g/mol. The van der Waals surface area contributed by atoms with Crippen molar-refractivity contribution in [1.29, 1.82) is 0 Å². The molecule has 2 N–H and O–H groups in total. The number of para-hydroxylation sites is 1. The summed E-state index contributed by atoms with van der Waals surface area (Å²) >= 11 is 1.22. The van der Waals surface area contributed by atoms with Crippen molar-refractivity contribution in [2.75, 3.05) is 23.7 Å². The number of amides is 3. The molecule has 2 aromatic carbocycles. The quantitative estimate of drug-likeness (QED) is 0.620. The second kappa shape index (κ2) is 9.22. The topological polar surface area (TPSA) is 87.2 Å². The molecule has 1 aliphatic heterocycles. The molecule has 0 radical (unpaired) electrons. The van der Waals surface area contributed by atoms with Gasteiger partial charge in [-0.2, -0.15) is 0 Å². The van der Waals surface area contributed by atoms with Gasteiger partial charge in [0.15, 0.2) is 0 Å². The third kappa shape index (κ3) is 5.05. The summed E-state index contributed by atoms with van der Waals surface area (Å²) in [5.41, 5.74) is 2.29. The monoisotopic (exact) mass is 439 g/mol. The fourth-order valence-corrected chi connectivity index (χ4v) is 4.34. The number of benzene rings is 2. The molecule has 0 aliphatic carbocycles. The van der Waals surface area contributed by atoms with Gasteiger partial charge in [-0.25, -0.2) is 9.18 Å². The Morgan fingerprint density at radius 2 is 1.87 bits per heavy atom. The lowest BCUT2D eigenvalue weighted by atomic mass is 9.99. The van der Waals surface area contributed by atoms with E-state index in [0.29, 0.717) is 18.8 Å². The fourth-order valence-electron chi connectivity index (χ4n) is 3.48. The van der Waals surface area contributed by atoms with Crippen molar-refractivity contribution >= 4 is 34.6 Å². The molecule has 0 saturated carbocycles. The van der Waals surface area contributed by atoms with E-state index in [1.807, 2.05) is 31.2 Å². The largest absolute Gasteiger partial charge is 0.324 e. The van der Waals surface area contributed by atoms with Gasteiger partial charge in [0.25, 0.3) is 5.91 Å². The number of halogens is 1. The molecule has 31 heavy (non-hydrogen) atoms. The Hall–Kier alpha value is -3.33. The number of hydrogen-bond donors (Lipinski definition) is 2. The van der Waals surface area contributed by atoms with Crippen LogP contribution in [0.25, 0.3) is 0 Å². The first-order chi connectivity index (χ1) is 15.0. The minimum absolute atomic E-state index is 0.0289. The molecule has 1 atom stereocenters. The molecule has 7 nitrogen and oxygen atoms in total. The van der Waals surface area contributed by atoms with Gasteiger partial charge in [0.2, 0.25) is 5.01 Å². The number of carbonyl (C=O) groups is 2. The van der Waals surface area contributed by atoms with Crippen LogP contribution in [0.5, 0.6) is 0 Å². The molecule has 160 valence electrons. The van der Waals surface area contributed by atoms with Crippen LogP contribution in [0.15, 0.2) is 48.5 Å². The molecule has 1 fully saturated rings. The molecule has 4 rings (SSSR count). The highest BCUT2D eigenvalue weighted by Gasteiger charge is 2.28. The Morgan fingerprint density at radius 3 is 2.65 bits per heavy atom. The standard InChI is InChI=1S/C22H22FN5O2S/c1-14-5-2-3-7-18(14)25-22(30)28-12-4-6-15(13-28)20-26-27-21(31-20)19(29)24-17-10-8-16(23)9-11-17/h2-3,5,7-11,15H,4,6,12-13H2,1H3,(H,24,29)(H,25,30). The molecule has 9 heteroatoms. The van der Waals surface area contributed by atoms with E-state index < -0.39 is 0 Å². The van der Waals surface area contributed by atoms with Gasteiger partial charge in [0.1, 0.15) is 10.8 Å². The van der Waals surface area contributed by atoms with E-state index in [0.717, 1.165) is 29.1 Å². The van der Waals surface area contributed by atoms with Crippen molar-refractivity contribution < 1.29 is 14.0 Å². The van der Waals surface area contributed by atoms with Crippen molar-refractivity contribution in [1.82, 2.24) is 15.1 Å². The van der Waals surface area contributed by atoms with Gasteiger partial charge in [-0.1, -0.05) is 29.5 Å². The van der Waals surface area contributed by atoms with Gasteiger partial charge >= 0.3 is 6.03 Å². The van der Waals surface area contributed by atoms with E-state index in [1.54, 1.807) is 4.90 Å². The highest BCUT2D eigenvalue weighted by Crippen LogP contribution is 2.30. The lowest BCUT2D eigenvalue weighted by molar-refractivity contribution is 0.102. The Bertz CT molecular complexity index is 1090. The SMILES string of the molecule is Cc1ccccc1NC(=O)N1CCCC(c2nnc(C(=O)Nc3ccc(F)cc3)s2)C1. The third-order valence-electron chi connectivity index (χ3n) is 5.18. The van der Waals surface area contributed by atoms with E-state index in [2.05, 4.69) is 20.8 Å². The second-order valence-corrected chi connectivity index (χ2v) is 8.45. The summed E-state index contributed by atoms with van der Waals surface area (Å²) in [6, 6.07) is 13.0. The highest BCUT2D eigenvalue weighted by molar-refractivity contribution is 7.13. The number of nitrogens with zero attached hydrogens (tertiary/aromatic N) is 3. The fraction of sp³-hybridized carbons (Fsp3) is 0.273. The summed E-state index contributed by atoms with van der Waals surface area (Å²) in [6.07, 6.45) is 1.73. The van der Waals surface area contributed by atoms with Crippen molar-refractivity contribution in [3.63, 3.8) is 0 Å². The third-order valence-corrected chi connectivity index (χ3v) is 6.27. The van der Waals surface area contributed by atoms with E-state index in [-0.39, 0.29) is 28.7 Å². The highest BCUT2D eigenvalue weighted by atomic mass is 32.1. The van der Waals surface area contributed by atoms with Crippen LogP contribution in [0.3, 0.4) is 0 Å². The van der Waals surface area contributed by atoms with Gasteiger partial charge in [-0.3, -0.25) is 4.79 Å². The summed E-state index contributed by atoms with van der Waals surface area (Å²) in [5, 5.41) is 14.8. The first-order valence-electron chi connectivity index (χ1n) is 10.0. The zero-order chi connectivity index (χ0) is 21.8. The van der Waals surface area contributed by atoms with E-state index in [9.17, 15) is 14.0 Å². The number of piperidine rings is 1. The number of carbonyl (C=O) groups excluding carboxylic acids is 2. The molecule has 3 amide bonds. The first-order valence-corrected chi connectivity index (χ1v) is 10.8. The molecule has 1 saturated heterocycles. The second-order valence-electron chi connectivity index (χ2n) is 7.44. The van der Waals surface area contributed by atoms with Gasteiger partial charge < -0.3 is 15.5 Å². The van der Waals surface area contributed by atoms with Crippen LogP contribution < -0.4 is 10.6 Å². The Kier molecular flexibility index (Phi) is 6.22. The van der Waals surface area contributed by atoms with E-state index in [1.165, 1.54) is 35.6 Å². The lowest BCUT2D eigenvalue weighted by Gasteiger charge is -2.31. The van der Waals surface area contributed by atoms with Gasteiger partial charge in [-0.15, -0.1) is 10.2 Å². The molecular formula is C22H22FN5O2S. The number of urea groups is 1. The van der Waals surface area contributed by atoms with Crippen LogP contribution in [0.4, 0.5) is 20.6 Å². The number of likely N-dealkylation sites (tertiary alicyclic amines) is 1. The number of aromatic nitrogens is 2. The molecule has 2 heterocycles. The van der Waals surface area contributed by atoms with Crippen molar-refractivity contribution in [3.05, 3.63) is 69.9 Å². The maximum atomic E-state index is 13.0. The predicted molar refractivity (Wildman–Crippen MR) is 118 cm³/mol. The Balaban J connectivity index is 1.39. The number of hydrogen-bond acceptors (Lipinski definition) is 5. The van der Waals surface area contributed by atoms with Crippen LogP contribution in [0.2, 0.25) is 0 Å². The Labute approximate surface area is 183 Å². The van der Waals surface area contributed by atoms with Gasteiger partial charge in [0.05, 0.1) is 0 Å². The lowest BCUT2D eigenvalue weighted by Crippen LogP contribution is -2.41. The van der Waals surface area contributed by atoms with E-state index >= 15 is 0 Å². The number of aryl methyl sites for hydroxylation is 1. The average Bonchev–Trinajstić information content (AvgIpc) is 3.28. The molecule has 1 aromatic heterocycles. The number of nitrogens with one attached hydrogen (secondary N) is 2. The summed E-state index contributed by atoms with van der Waals surface area (Å²) in [7, 11) is 0. The molecule has 3 aromatic rings. The van der Waals surface area contributed by atoms with Crippen molar-refractivity contribution in [2.45, 2.75) is 25.7 Å². The van der Waals surface area contributed by atoms with E-state index in [4.69, 9.17) is 0 Å². The summed E-state index contributed by atoms with van der Waals surface area (Å²) < 4.78 is 13.0. The maximum absolute atomic E-state index is 13.0. The maximum Gasteiger partial charge on any atom is 0.321 e. The van der Waals surface area contributed by atoms with Gasteiger partial charge in [0, 0.05) is 30.4 Å². The summed E-state index contributed by atoms with van der Waals surface area (Å²) in [6.45, 7) is 3.14. The zero-order valence-electron chi connectivity index (χ0n) is 17.0. The summed E-state index contributed by atoms with van der Waals surface area (Å²) in [5.74, 6) is -0.730. The first kappa shape index (κ1) is 20.9. The van der Waals surface area contributed by atoms with Gasteiger partial charge in [-0.05, 0) is 55.7 Å². The zero-order valence-corrected chi connectivity index (χ0v) is 17.8. The molecule has 1 unspecified atom stereocenters. The van der Waals surface area contributed by atoms with Crippen LogP contribution in [-0.2, 0) is 0 Å². The molecule has 0 bridgehead atoms. The smallest absolute Gasteiger partial charge is 0.321 e. The Morgan fingerprint density at radius 1 is 1.10 bits per heavy atom. The summed E-state index contributed by atoms with van der Waals surface area (Å²) in [4.78, 5) is 26.9. The van der Waals surface area contributed by atoms with Crippen molar-refractivity contribution in [2.24, 2.45) is 0 Å². The van der Waals surface area contributed by atoms with Crippen LogP contribution in [0.1, 0.15) is 39.1 Å². The predicted octanol–water partition coefficient (Wildman–Crippen LogP) is 4.65. The van der Waals surface area contributed by atoms with Crippen molar-refractivity contribution in [3.8, 4) is 0 Å².